The number of aliphatic hydroxyl groups excluding tert-OH is 1. The quantitative estimate of drug-likeness (QED) is 0.649. The van der Waals surface area contributed by atoms with Crippen molar-refractivity contribution in [3.63, 3.8) is 0 Å². The van der Waals surface area contributed by atoms with E-state index in [2.05, 4.69) is 26.8 Å². The van der Waals surface area contributed by atoms with Crippen molar-refractivity contribution in [1.29, 1.82) is 0 Å². The maximum Gasteiger partial charge on any atom is 0.157 e. The van der Waals surface area contributed by atoms with Gasteiger partial charge in [0, 0.05) is 17.3 Å². The molecular weight excluding hydrogens is 228 g/mol. The van der Waals surface area contributed by atoms with Crippen LogP contribution in [0.25, 0.3) is 0 Å². The molecule has 0 radical (unpaired) electrons. The Balaban J connectivity index is 2.07. The van der Waals surface area contributed by atoms with Crippen molar-refractivity contribution in [2.45, 2.75) is 58.0 Å². The standard InChI is InChI=1S/C15H24O3/c1-9-5-4-7-15(17)8-6-11-12(14(9,15)3)10(2)13(16)18-11/h4,7,9-13,16-17H,5-6,8H2,1-3H3. The molecule has 0 aromatic carbocycles. The fourth-order valence-corrected chi connectivity index (χ4v) is 4.73. The molecule has 7 unspecified atom stereocenters. The molecule has 2 N–H and O–H groups in total. The normalized spacial score (nSPS) is 59.3. The van der Waals surface area contributed by atoms with Gasteiger partial charge in [-0.2, -0.15) is 0 Å². The lowest BCUT2D eigenvalue weighted by Gasteiger charge is -2.58. The Labute approximate surface area is 109 Å². The molecule has 1 aliphatic heterocycles. The summed E-state index contributed by atoms with van der Waals surface area (Å²) in [7, 11) is 0. The molecule has 102 valence electrons. The fraction of sp³-hybridized carbons (Fsp3) is 0.867. The van der Waals surface area contributed by atoms with Gasteiger partial charge in [0.2, 0.25) is 0 Å². The predicted molar refractivity (Wildman–Crippen MR) is 68.7 cm³/mol. The summed E-state index contributed by atoms with van der Waals surface area (Å²) in [6, 6.07) is 0. The van der Waals surface area contributed by atoms with Crippen LogP contribution >= 0.6 is 0 Å². The molecule has 0 amide bonds. The van der Waals surface area contributed by atoms with Gasteiger partial charge in [0.15, 0.2) is 6.29 Å². The van der Waals surface area contributed by atoms with Crippen LogP contribution in [0.4, 0.5) is 0 Å². The molecule has 0 spiro atoms. The van der Waals surface area contributed by atoms with Gasteiger partial charge in [-0.15, -0.1) is 0 Å². The lowest BCUT2D eigenvalue weighted by Crippen LogP contribution is -2.61. The number of rotatable bonds is 0. The molecule has 1 heterocycles. The largest absolute Gasteiger partial charge is 0.385 e. The van der Waals surface area contributed by atoms with Crippen molar-refractivity contribution in [3.05, 3.63) is 12.2 Å². The van der Waals surface area contributed by atoms with Gasteiger partial charge in [-0.1, -0.05) is 32.9 Å². The first kappa shape index (κ1) is 12.6. The average Bonchev–Trinajstić information content (AvgIpc) is 2.60. The first-order chi connectivity index (χ1) is 8.40. The van der Waals surface area contributed by atoms with Gasteiger partial charge in [-0.3, -0.25) is 0 Å². The lowest BCUT2D eigenvalue weighted by molar-refractivity contribution is -0.169. The summed E-state index contributed by atoms with van der Waals surface area (Å²) in [6.07, 6.45) is 6.14. The minimum absolute atomic E-state index is 0.0979. The Kier molecular flexibility index (Phi) is 2.68. The van der Waals surface area contributed by atoms with E-state index in [1.165, 1.54) is 0 Å². The second kappa shape index (κ2) is 3.81. The fourth-order valence-electron chi connectivity index (χ4n) is 4.73. The van der Waals surface area contributed by atoms with Crippen LogP contribution in [-0.2, 0) is 4.74 Å². The zero-order chi connectivity index (χ0) is 13.1. The third-order valence-corrected chi connectivity index (χ3v) is 6.07. The van der Waals surface area contributed by atoms with Crippen LogP contribution in [-0.4, -0.2) is 28.2 Å². The summed E-state index contributed by atoms with van der Waals surface area (Å²) in [4.78, 5) is 0. The molecular formula is C15H24O3. The van der Waals surface area contributed by atoms with Crippen LogP contribution in [0.5, 0.6) is 0 Å². The first-order valence-electron chi connectivity index (χ1n) is 7.14. The number of hydrogen-bond donors (Lipinski definition) is 2. The lowest BCUT2D eigenvalue weighted by atomic mass is 9.48. The number of allylic oxidation sites excluding steroid dienone is 1. The summed E-state index contributed by atoms with van der Waals surface area (Å²) >= 11 is 0. The van der Waals surface area contributed by atoms with Crippen molar-refractivity contribution >= 4 is 0 Å². The maximum atomic E-state index is 11.0. The molecule has 2 aliphatic carbocycles. The summed E-state index contributed by atoms with van der Waals surface area (Å²) in [5, 5.41) is 21.0. The van der Waals surface area contributed by atoms with Crippen LogP contribution in [0.2, 0.25) is 0 Å². The second-order valence-corrected chi connectivity index (χ2v) is 6.73. The highest BCUT2D eigenvalue weighted by Gasteiger charge is 2.63. The third kappa shape index (κ3) is 1.36. The molecule has 3 heteroatoms. The van der Waals surface area contributed by atoms with Gasteiger partial charge in [0.05, 0.1) is 11.7 Å². The summed E-state index contributed by atoms with van der Waals surface area (Å²) < 4.78 is 5.71. The van der Waals surface area contributed by atoms with Crippen molar-refractivity contribution < 1.29 is 14.9 Å². The Morgan fingerprint density at radius 2 is 2.06 bits per heavy atom. The van der Waals surface area contributed by atoms with Crippen LogP contribution in [0.1, 0.15) is 40.0 Å². The van der Waals surface area contributed by atoms with E-state index in [0.29, 0.717) is 5.92 Å². The maximum absolute atomic E-state index is 11.0. The molecule has 0 aromatic heterocycles. The van der Waals surface area contributed by atoms with E-state index in [0.717, 1.165) is 19.3 Å². The Morgan fingerprint density at radius 1 is 1.33 bits per heavy atom. The number of hydrogen-bond acceptors (Lipinski definition) is 3. The van der Waals surface area contributed by atoms with E-state index in [1.54, 1.807) is 0 Å². The van der Waals surface area contributed by atoms with Crippen LogP contribution < -0.4 is 0 Å². The SMILES string of the molecule is CC1C(O)OC2CCC3(O)C=CCC(C)C3(C)C21. The van der Waals surface area contributed by atoms with E-state index >= 15 is 0 Å². The van der Waals surface area contributed by atoms with E-state index in [1.807, 2.05) is 6.08 Å². The highest BCUT2D eigenvalue weighted by molar-refractivity contribution is 5.22. The topological polar surface area (TPSA) is 49.7 Å². The zero-order valence-corrected chi connectivity index (χ0v) is 11.5. The van der Waals surface area contributed by atoms with Crippen LogP contribution in [0.15, 0.2) is 12.2 Å². The highest BCUT2D eigenvalue weighted by Crippen LogP contribution is 2.61. The van der Waals surface area contributed by atoms with Crippen LogP contribution in [0.3, 0.4) is 0 Å². The third-order valence-electron chi connectivity index (χ3n) is 6.07. The summed E-state index contributed by atoms with van der Waals surface area (Å²) in [6.45, 7) is 6.46. The van der Waals surface area contributed by atoms with Gasteiger partial charge >= 0.3 is 0 Å². The molecule has 2 fully saturated rings. The predicted octanol–water partition coefficient (Wildman–Crippen LogP) is 2.08. The van der Waals surface area contributed by atoms with Gasteiger partial charge in [0.25, 0.3) is 0 Å². The van der Waals surface area contributed by atoms with Crippen molar-refractivity contribution in [2.24, 2.45) is 23.2 Å². The molecule has 3 rings (SSSR count). The molecule has 7 atom stereocenters. The van der Waals surface area contributed by atoms with Crippen molar-refractivity contribution in [3.8, 4) is 0 Å². The smallest absolute Gasteiger partial charge is 0.157 e. The van der Waals surface area contributed by atoms with E-state index in [-0.39, 0.29) is 23.4 Å². The Bertz CT molecular complexity index is 380. The Morgan fingerprint density at radius 3 is 2.78 bits per heavy atom. The highest BCUT2D eigenvalue weighted by atomic mass is 16.6. The van der Waals surface area contributed by atoms with Crippen molar-refractivity contribution in [1.82, 2.24) is 0 Å². The van der Waals surface area contributed by atoms with E-state index in [9.17, 15) is 10.2 Å². The average molecular weight is 252 g/mol. The second-order valence-electron chi connectivity index (χ2n) is 6.73. The number of ether oxygens (including phenoxy) is 1. The van der Waals surface area contributed by atoms with Gasteiger partial charge in [0.1, 0.15) is 0 Å². The summed E-state index contributed by atoms with van der Waals surface area (Å²) in [5.41, 5.74) is -0.922. The van der Waals surface area contributed by atoms with E-state index in [4.69, 9.17) is 4.74 Å². The molecule has 0 aromatic rings. The molecule has 1 saturated carbocycles. The summed E-state index contributed by atoms with van der Waals surface area (Å²) in [5.74, 6) is 0.753. The molecule has 1 saturated heterocycles. The molecule has 18 heavy (non-hydrogen) atoms. The Hall–Kier alpha value is -0.380. The van der Waals surface area contributed by atoms with Gasteiger partial charge in [-0.25, -0.2) is 0 Å². The van der Waals surface area contributed by atoms with Gasteiger partial charge in [-0.05, 0) is 25.2 Å². The van der Waals surface area contributed by atoms with Gasteiger partial charge < -0.3 is 14.9 Å². The number of aliphatic hydroxyl groups is 2. The number of fused-ring (bicyclic) bond motifs is 3. The minimum atomic E-state index is -0.729. The molecule has 0 bridgehead atoms. The molecule has 3 nitrogen and oxygen atoms in total. The first-order valence-corrected chi connectivity index (χ1v) is 7.14. The van der Waals surface area contributed by atoms with Crippen molar-refractivity contribution in [2.75, 3.05) is 0 Å². The zero-order valence-electron chi connectivity index (χ0n) is 11.5. The van der Waals surface area contributed by atoms with E-state index < -0.39 is 11.9 Å². The molecule has 3 aliphatic rings. The monoisotopic (exact) mass is 252 g/mol. The van der Waals surface area contributed by atoms with Crippen LogP contribution in [0, 0.1) is 23.2 Å². The minimum Gasteiger partial charge on any atom is -0.385 e.